The van der Waals surface area contributed by atoms with E-state index in [-0.39, 0.29) is 32.1 Å². The van der Waals surface area contributed by atoms with Crippen molar-refractivity contribution in [3.05, 3.63) is 35.9 Å². The molecular formula is C22H31N5O8. The van der Waals surface area contributed by atoms with E-state index in [9.17, 15) is 33.9 Å². The Morgan fingerprint density at radius 2 is 1.43 bits per heavy atom. The Bertz CT molecular complexity index is 924. The molecule has 13 heteroatoms. The van der Waals surface area contributed by atoms with Gasteiger partial charge in [-0.2, -0.15) is 0 Å². The average molecular weight is 494 g/mol. The summed E-state index contributed by atoms with van der Waals surface area (Å²) in [5, 5.41) is 25.2. The molecule has 1 aromatic rings. The van der Waals surface area contributed by atoms with Crippen LogP contribution in [-0.4, -0.2) is 69.9 Å². The standard InChI is InChI=1S/C22H31N5O8/c1-12(25-20(32)14(23)7-10-18(29)30)19(31)26-15(8-9-17(24)28)21(33)27-16(22(34)35)11-13-5-3-2-4-6-13/h2-6,12,14-16H,7-11,23H2,1H3,(H2,24,28)(H,25,32)(H,26,31)(H,27,33)(H,29,30)(H,34,35). The Hall–Kier alpha value is -4.00. The number of primary amides is 1. The summed E-state index contributed by atoms with van der Waals surface area (Å²) in [6.07, 6.45) is -0.965. The van der Waals surface area contributed by atoms with Gasteiger partial charge in [-0.15, -0.1) is 0 Å². The number of nitrogens with two attached hydrogens (primary N) is 2. The molecule has 9 N–H and O–H groups in total. The number of hydrogen-bond donors (Lipinski definition) is 7. The molecule has 4 amide bonds. The molecule has 0 radical (unpaired) electrons. The summed E-state index contributed by atoms with van der Waals surface area (Å²) in [6, 6.07) is 3.64. The van der Waals surface area contributed by atoms with Crippen LogP contribution in [0.2, 0.25) is 0 Å². The number of benzene rings is 1. The number of aliphatic carboxylic acids is 2. The predicted molar refractivity (Wildman–Crippen MR) is 123 cm³/mol. The van der Waals surface area contributed by atoms with Gasteiger partial charge < -0.3 is 37.6 Å². The van der Waals surface area contributed by atoms with E-state index >= 15 is 0 Å². The number of carbonyl (C=O) groups is 6. The van der Waals surface area contributed by atoms with Crippen molar-refractivity contribution in [2.24, 2.45) is 11.5 Å². The number of nitrogens with one attached hydrogen (secondary N) is 3. The Morgan fingerprint density at radius 3 is 1.97 bits per heavy atom. The Labute approximate surface area is 201 Å². The number of carboxylic acid groups (broad SMARTS) is 2. The van der Waals surface area contributed by atoms with Crippen LogP contribution in [0.25, 0.3) is 0 Å². The summed E-state index contributed by atoms with van der Waals surface area (Å²) in [5.74, 6) is -5.57. The number of amides is 4. The van der Waals surface area contributed by atoms with Crippen LogP contribution in [0.4, 0.5) is 0 Å². The third-order valence-electron chi connectivity index (χ3n) is 4.97. The van der Waals surface area contributed by atoms with E-state index in [1.54, 1.807) is 30.3 Å². The second-order valence-electron chi connectivity index (χ2n) is 7.92. The van der Waals surface area contributed by atoms with Crippen LogP contribution in [0.3, 0.4) is 0 Å². The number of hydrogen-bond acceptors (Lipinski definition) is 7. The van der Waals surface area contributed by atoms with E-state index in [1.807, 2.05) is 0 Å². The largest absolute Gasteiger partial charge is 0.481 e. The lowest BCUT2D eigenvalue weighted by molar-refractivity contribution is -0.142. The molecule has 192 valence electrons. The minimum Gasteiger partial charge on any atom is -0.481 e. The lowest BCUT2D eigenvalue weighted by atomic mass is 10.0. The minimum atomic E-state index is -1.31. The fourth-order valence-electron chi connectivity index (χ4n) is 2.97. The third-order valence-corrected chi connectivity index (χ3v) is 4.97. The molecule has 4 unspecified atom stereocenters. The number of carboxylic acids is 2. The summed E-state index contributed by atoms with van der Waals surface area (Å²) in [4.78, 5) is 70.9. The van der Waals surface area contributed by atoms with Crippen molar-refractivity contribution >= 4 is 35.6 Å². The van der Waals surface area contributed by atoms with Crippen molar-refractivity contribution in [3.8, 4) is 0 Å². The van der Waals surface area contributed by atoms with Gasteiger partial charge in [-0.25, -0.2) is 4.79 Å². The smallest absolute Gasteiger partial charge is 0.326 e. The fraction of sp³-hybridized carbons (Fsp3) is 0.455. The number of rotatable bonds is 15. The van der Waals surface area contributed by atoms with Crippen LogP contribution >= 0.6 is 0 Å². The van der Waals surface area contributed by atoms with Crippen LogP contribution in [0.5, 0.6) is 0 Å². The molecule has 0 bridgehead atoms. The predicted octanol–water partition coefficient (Wildman–Crippen LogP) is -1.75. The van der Waals surface area contributed by atoms with E-state index in [0.29, 0.717) is 5.56 Å². The van der Waals surface area contributed by atoms with Crippen molar-refractivity contribution in [1.29, 1.82) is 0 Å². The first-order valence-electron chi connectivity index (χ1n) is 10.8. The first-order chi connectivity index (χ1) is 16.4. The second kappa shape index (κ2) is 14.3. The molecule has 4 atom stereocenters. The molecule has 0 aliphatic heterocycles. The fourth-order valence-corrected chi connectivity index (χ4v) is 2.97. The summed E-state index contributed by atoms with van der Waals surface area (Å²) in [6.45, 7) is 1.32. The van der Waals surface area contributed by atoms with Gasteiger partial charge in [0, 0.05) is 19.3 Å². The first kappa shape index (κ1) is 29.0. The monoisotopic (exact) mass is 493 g/mol. The summed E-state index contributed by atoms with van der Waals surface area (Å²) in [7, 11) is 0. The maximum absolute atomic E-state index is 12.8. The van der Waals surface area contributed by atoms with Gasteiger partial charge in [0.15, 0.2) is 0 Å². The van der Waals surface area contributed by atoms with E-state index < -0.39 is 59.7 Å². The molecule has 0 saturated carbocycles. The van der Waals surface area contributed by atoms with Gasteiger partial charge in [0.05, 0.1) is 6.04 Å². The van der Waals surface area contributed by atoms with Gasteiger partial charge >= 0.3 is 11.9 Å². The molecule has 35 heavy (non-hydrogen) atoms. The van der Waals surface area contributed by atoms with Gasteiger partial charge in [-0.05, 0) is 25.3 Å². The van der Waals surface area contributed by atoms with Gasteiger partial charge in [0.1, 0.15) is 18.1 Å². The lowest BCUT2D eigenvalue weighted by Gasteiger charge is -2.23. The zero-order chi connectivity index (χ0) is 26.5. The highest BCUT2D eigenvalue weighted by Gasteiger charge is 2.29. The molecule has 0 aromatic heterocycles. The maximum Gasteiger partial charge on any atom is 0.326 e. The Balaban J connectivity index is 2.83. The minimum absolute atomic E-state index is 0.0148. The molecule has 0 aliphatic rings. The number of carbonyl (C=O) groups excluding carboxylic acids is 4. The SMILES string of the molecule is CC(NC(=O)C(N)CCC(=O)O)C(=O)NC(CCC(N)=O)C(=O)NC(Cc1ccccc1)C(=O)O. The lowest BCUT2D eigenvalue weighted by Crippen LogP contribution is -2.56. The van der Waals surface area contributed by atoms with Crippen molar-refractivity contribution in [2.75, 3.05) is 0 Å². The van der Waals surface area contributed by atoms with Gasteiger partial charge in [-0.3, -0.25) is 24.0 Å². The summed E-state index contributed by atoms with van der Waals surface area (Å²) < 4.78 is 0. The molecule has 0 fully saturated rings. The van der Waals surface area contributed by atoms with Gasteiger partial charge in [-0.1, -0.05) is 30.3 Å². The summed E-state index contributed by atoms with van der Waals surface area (Å²) >= 11 is 0. The van der Waals surface area contributed by atoms with E-state index in [2.05, 4.69) is 16.0 Å². The highest BCUT2D eigenvalue weighted by molar-refractivity contribution is 5.94. The normalized spacial score (nSPS) is 14.0. The molecule has 0 spiro atoms. The van der Waals surface area contributed by atoms with E-state index in [1.165, 1.54) is 6.92 Å². The maximum atomic E-state index is 12.8. The molecule has 1 rings (SSSR count). The molecule has 0 aliphatic carbocycles. The molecule has 13 nitrogen and oxygen atoms in total. The zero-order valence-electron chi connectivity index (χ0n) is 19.2. The van der Waals surface area contributed by atoms with E-state index in [4.69, 9.17) is 16.6 Å². The quantitative estimate of drug-likeness (QED) is 0.146. The summed E-state index contributed by atoms with van der Waals surface area (Å²) in [5.41, 5.74) is 11.4. The van der Waals surface area contributed by atoms with Gasteiger partial charge in [0.25, 0.3) is 0 Å². The van der Waals surface area contributed by atoms with Crippen molar-refractivity contribution in [1.82, 2.24) is 16.0 Å². The Kier molecular flexibility index (Phi) is 11.9. The second-order valence-corrected chi connectivity index (χ2v) is 7.92. The zero-order valence-corrected chi connectivity index (χ0v) is 19.2. The van der Waals surface area contributed by atoms with Crippen LogP contribution < -0.4 is 27.4 Å². The molecule has 0 saturated heterocycles. The van der Waals surface area contributed by atoms with Crippen LogP contribution in [0.15, 0.2) is 30.3 Å². The molecule has 0 heterocycles. The van der Waals surface area contributed by atoms with Crippen LogP contribution in [0, 0.1) is 0 Å². The highest BCUT2D eigenvalue weighted by Crippen LogP contribution is 2.06. The molecular weight excluding hydrogens is 462 g/mol. The highest BCUT2D eigenvalue weighted by atomic mass is 16.4. The van der Waals surface area contributed by atoms with Crippen molar-refractivity contribution < 1.29 is 39.0 Å². The Morgan fingerprint density at radius 1 is 0.829 bits per heavy atom. The average Bonchev–Trinajstić information content (AvgIpc) is 2.79. The van der Waals surface area contributed by atoms with Gasteiger partial charge in [0.2, 0.25) is 23.6 Å². The van der Waals surface area contributed by atoms with Crippen LogP contribution in [-0.2, 0) is 35.2 Å². The van der Waals surface area contributed by atoms with Crippen molar-refractivity contribution in [2.45, 2.75) is 63.2 Å². The topological polar surface area (TPSA) is 231 Å². The van der Waals surface area contributed by atoms with Crippen molar-refractivity contribution in [3.63, 3.8) is 0 Å². The van der Waals surface area contributed by atoms with E-state index in [0.717, 1.165) is 0 Å². The molecule has 1 aromatic carbocycles. The van der Waals surface area contributed by atoms with Crippen LogP contribution in [0.1, 0.15) is 38.2 Å². The first-order valence-corrected chi connectivity index (χ1v) is 10.8. The third kappa shape index (κ3) is 11.1.